The van der Waals surface area contributed by atoms with Gasteiger partial charge in [0.15, 0.2) is 0 Å². The predicted molar refractivity (Wildman–Crippen MR) is 76.5 cm³/mol. The molecule has 1 aliphatic heterocycles. The van der Waals surface area contributed by atoms with E-state index in [1.54, 1.807) is 0 Å². The number of carboxylic acid groups (broad SMARTS) is 1. The minimum atomic E-state index is -0.699. The molecule has 0 aliphatic carbocycles. The summed E-state index contributed by atoms with van der Waals surface area (Å²) in [6, 6.07) is 8.00. The minimum Gasteiger partial charge on any atom is -0.480 e. The lowest BCUT2D eigenvalue weighted by molar-refractivity contribution is -0.142. The summed E-state index contributed by atoms with van der Waals surface area (Å²) in [5, 5.41) is 9.40. The number of carbonyl (C=O) groups is 1. The van der Waals surface area contributed by atoms with Crippen LogP contribution < -0.4 is 0 Å². The van der Waals surface area contributed by atoms with Crippen LogP contribution in [-0.2, 0) is 11.2 Å². The molecule has 1 aliphatic rings. The summed E-state index contributed by atoms with van der Waals surface area (Å²) in [5.74, 6) is -0.183. The first-order chi connectivity index (χ1) is 9.08. The lowest BCUT2D eigenvalue weighted by atomic mass is 9.99. The maximum Gasteiger partial charge on any atom is 0.321 e. The third kappa shape index (κ3) is 3.57. The zero-order chi connectivity index (χ0) is 13.8. The first-order valence-corrected chi connectivity index (χ1v) is 7.13. The molecule has 1 heterocycles. The molecule has 0 radical (unpaired) electrons. The molecule has 104 valence electrons. The van der Waals surface area contributed by atoms with Gasteiger partial charge in [-0.2, -0.15) is 0 Å². The molecule has 1 atom stereocenters. The van der Waals surface area contributed by atoms with Crippen molar-refractivity contribution in [3.05, 3.63) is 35.4 Å². The molecule has 0 unspecified atom stereocenters. The molecule has 1 aromatic rings. The second-order valence-electron chi connectivity index (χ2n) is 5.70. The van der Waals surface area contributed by atoms with Crippen molar-refractivity contribution in [2.45, 2.75) is 45.1 Å². The zero-order valence-electron chi connectivity index (χ0n) is 11.8. The normalized spacial score (nSPS) is 17.8. The summed E-state index contributed by atoms with van der Waals surface area (Å²) in [5.41, 5.74) is 2.42. The first kappa shape index (κ1) is 14.1. The van der Waals surface area contributed by atoms with Crippen LogP contribution in [0, 0.1) is 0 Å². The lowest BCUT2D eigenvalue weighted by Crippen LogP contribution is -2.40. The topological polar surface area (TPSA) is 40.5 Å². The molecule has 1 N–H and O–H groups in total. The molecule has 1 saturated heterocycles. The highest BCUT2D eigenvalue weighted by Crippen LogP contribution is 2.19. The number of carboxylic acids is 1. The van der Waals surface area contributed by atoms with Crippen LogP contribution in [0.15, 0.2) is 24.3 Å². The van der Waals surface area contributed by atoms with Crippen molar-refractivity contribution >= 4 is 5.97 Å². The van der Waals surface area contributed by atoms with Crippen LogP contribution in [0.5, 0.6) is 0 Å². The van der Waals surface area contributed by atoms with E-state index in [9.17, 15) is 9.90 Å². The van der Waals surface area contributed by atoms with Crippen molar-refractivity contribution in [3.63, 3.8) is 0 Å². The fraction of sp³-hybridized carbons (Fsp3) is 0.562. The smallest absolute Gasteiger partial charge is 0.321 e. The second kappa shape index (κ2) is 6.20. The third-order valence-corrected chi connectivity index (χ3v) is 3.94. The van der Waals surface area contributed by atoms with Gasteiger partial charge in [-0.15, -0.1) is 0 Å². The predicted octanol–water partition coefficient (Wildman–Crippen LogP) is 2.90. The van der Waals surface area contributed by atoms with Crippen LogP contribution in [-0.4, -0.2) is 35.1 Å². The van der Waals surface area contributed by atoms with Crippen LogP contribution in [0.4, 0.5) is 0 Å². The fourth-order valence-electron chi connectivity index (χ4n) is 2.69. The van der Waals surface area contributed by atoms with E-state index < -0.39 is 5.97 Å². The van der Waals surface area contributed by atoms with Gasteiger partial charge in [-0.05, 0) is 49.4 Å². The molecule has 2 rings (SSSR count). The Morgan fingerprint density at radius 3 is 2.26 bits per heavy atom. The molecule has 0 amide bonds. The van der Waals surface area contributed by atoms with Crippen molar-refractivity contribution in [2.24, 2.45) is 0 Å². The van der Waals surface area contributed by atoms with E-state index in [4.69, 9.17) is 0 Å². The van der Waals surface area contributed by atoms with E-state index in [2.05, 4.69) is 43.0 Å². The lowest BCUT2D eigenvalue weighted by Gasteiger charge is -2.23. The monoisotopic (exact) mass is 261 g/mol. The Kier molecular flexibility index (Phi) is 4.59. The zero-order valence-corrected chi connectivity index (χ0v) is 11.8. The van der Waals surface area contributed by atoms with Gasteiger partial charge in [0.2, 0.25) is 0 Å². The molecule has 0 spiro atoms. The molecular weight excluding hydrogens is 238 g/mol. The summed E-state index contributed by atoms with van der Waals surface area (Å²) in [6.45, 7) is 6.17. The Balaban J connectivity index is 2.06. The van der Waals surface area contributed by atoms with Crippen molar-refractivity contribution < 1.29 is 9.90 Å². The van der Waals surface area contributed by atoms with Gasteiger partial charge in [0.25, 0.3) is 0 Å². The van der Waals surface area contributed by atoms with Gasteiger partial charge in [-0.25, -0.2) is 0 Å². The Morgan fingerprint density at radius 1 is 1.21 bits per heavy atom. The fourth-order valence-corrected chi connectivity index (χ4v) is 2.69. The highest BCUT2D eigenvalue weighted by atomic mass is 16.4. The molecule has 0 saturated carbocycles. The maximum atomic E-state index is 11.4. The third-order valence-electron chi connectivity index (χ3n) is 3.94. The van der Waals surface area contributed by atoms with Gasteiger partial charge >= 0.3 is 5.97 Å². The number of aliphatic carboxylic acids is 1. The average Bonchev–Trinajstić information content (AvgIpc) is 2.89. The van der Waals surface area contributed by atoms with E-state index in [0.717, 1.165) is 31.5 Å². The highest BCUT2D eigenvalue weighted by molar-refractivity contribution is 5.74. The molecule has 3 heteroatoms. The first-order valence-electron chi connectivity index (χ1n) is 7.13. The Bertz CT molecular complexity index is 419. The summed E-state index contributed by atoms with van der Waals surface area (Å²) < 4.78 is 0. The van der Waals surface area contributed by atoms with Gasteiger partial charge < -0.3 is 5.11 Å². The van der Waals surface area contributed by atoms with Gasteiger partial charge in [-0.3, -0.25) is 9.69 Å². The van der Waals surface area contributed by atoms with Crippen molar-refractivity contribution in [2.75, 3.05) is 13.1 Å². The molecule has 1 fully saturated rings. The Hall–Kier alpha value is -1.35. The number of rotatable bonds is 5. The van der Waals surface area contributed by atoms with Gasteiger partial charge in [0.05, 0.1) is 0 Å². The second-order valence-corrected chi connectivity index (χ2v) is 5.70. The maximum absolute atomic E-state index is 11.4. The van der Waals surface area contributed by atoms with Crippen LogP contribution >= 0.6 is 0 Å². The summed E-state index contributed by atoms with van der Waals surface area (Å²) in [7, 11) is 0. The number of likely N-dealkylation sites (tertiary alicyclic amines) is 1. The van der Waals surface area contributed by atoms with Crippen molar-refractivity contribution in [1.29, 1.82) is 0 Å². The number of nitrogens with zero attached hydrogens (tertiary/aromatic N) is 1. The minimum absolute atomic E-state index is 0.368. The van der Waals surface area contributed by atoms with Crippen LogP contribution in [0.25, 0.3) is 0 Å². The number of hydrogen-bond acceptors (Lipinski definition) is 2. The Labute approximate surface area is 115 Å². The van der Waals surface area contributed by atoms with E-state index in [1.807, 2.05) is 0 Å². The number of benzene rings is 1. The molecule has 19 heavy (non-hydrogen) atoms. The van der Waals surface area contributed by atoms with E-state index in [0.29, 0.717) is 12.3 Å². The van der Waals surface area contributed by atoms with E-state index in [-0.39, 0.29) is 6.04 Å². The Morgan fingerprint density at radius 2 is 1.79 bits per heavy atom. The summed E-state index contributed by atoms with van der Waals surface area (Å²) in [4.78, 5) is 13.5. The standard InChI is InChI=1S/C16H23NO2/c1-12(2)14-7-5-13(6-8-14)11-15(16(18)19)17-9-3-4-10-17/h5-8,12,15H,3-4,9-11H2,1-2H3,(H,18,19)/t15-/m0/s1. The molecular formula is C16H23NO2. The van der Waals surface area contributed by atoms with E-state index >= 15 is 0 Å². The van der Waals surface area contributed by atoms with Crippen molar-refractivity contribution in [3.8, 4) is 0 Å². The largest absolute Gasteiger partial charge is 0.480 e. The number of hydrogen-bond donors (Lipinski definition) is 1. The van der Waals surface area contributed by atoms with Gasteiger partial charge in [0, 0.05) is 0 Å². The van der Waals surface area contributed by atoms with Crippen LogP contribution in [0.3, 0.4) is 0 Å². The molecule has 3 nitrogen and oxygen atoms in total. The molecule has 0 aromatic heterocycles. The molecule has 1 aromatic carbocycles. The van der Waals surface area contributed by atoms with Gasteiger partial charge in [-0.1, -0.05) is 38.1 Å². The van der Waals surface area contributed by atoms with Crippen molar-refractivity contribution in [1.82, 2.24) is 4.90 Å². The SMILES string of the molecule is CC(C)c1ccc(C[C@@H](C(=O)O)N2CCCC2)cc1. The van der Waals surface area contributed by atoms with E-state index in [1.165, 1.54) is 5.56 Å². The quantitative estimate of drug-likeness (QED) is 0.886. The van der Waals surface area contributed by atoms with Gasteiger partial charge in [0.1, 0.15) is 6.04 Å². The van der Waals surface area contributed by atoms with Crippen LogP contribution in [0.1, 0.15) is 43.7 Å². The summed E-state index contributed by atoms with van der Waals surface area (Å²) in [6.07, 6.45) is 2.85. The molecule has 0 bridgehead atoms. The average molecular weight is 261 g/mol. The summed E-state index contributed by atoms with van der Waals surface area (Å²) >= 11 is 0. The van der Waals surface area contributed by atoms with Crippen LogP contribution in [0.2, 0.25) is 0 Å². The highest BCUT2D eigenvalue weighted by Gasteiger charge is 2.27.